The van der Waals surface area contributed by atoms with E-state index in [0.717, 1.165) is 15.5 Å². The van der Waals surface area contributed by atoms with Gasteiger partial charge in [-0.05, 0) is 11.6 Å². The van der Waals surface area contributed by atoms with Gasteiger partial charge >= 0.3 is 0 Å². The van der Waals surface area contributed by atoms with E-state index in [0.29, 0.717) is 12.3 Å². The van der Waals surface area contributed by atoms with Crippen LogP contribution in [0.4, 0.5) is 5.69 Å². The Hall–Kier alpha value is -0.420. The van der Waals surface area contributed by atoms with Gasteiger partial charge < -0.3 is 15.4 Å². The highest BCUT2D eigenvalue weighted by Crippen LogP contribution is 2.16. The van der Waals surface area contributed by atoms with E-state index in [4.69, 9.17) is 4.74 Å². The second kappa shape index (κ2) is 4.57. The van der Waals surface area contributed by atoms with Crippen LogP contribution in [0.15, 0.2) is 22.7 Å². The van der Waals surface area contributed by atoms with Crippen LogP contribution in [-0.4, -0.2) is 7.11 Å². The van der Waals surface area contributed by atoms with E-state index < -0.39 is 0 Å². The summed E-state index contributed by atoms with van der Waals surface area (Å²) in [5.41, 5.74) is 2.48. The average Bonchev–Trinajstić information content (AvgIpc) is 2.04. The smallest absolute Gasteiger partial charge is 0.131 e. The van der Waals surface area contributed by atoms with Crippen molar-refractivity contribution in [2.75, 3.05) is 7.11 Å². The topological polar surface area (TPSA) is 48.9 Å². The van der Waals surface area contributed by atoms with Crippen molar-refractivity contribution in [3.63, 3.8) is 0 Å². The van der Waals surface area contributed by atoms with Crippen molar-refractivity contribution in [2.45, 2.75) is 6.61 Å². The maximum Gasteiger partial charge on any atom is 0.131 e. The molecule has 0 aliphatic carbocycles. The minimum Gasteiger partial charge on any atom is -0.630 e. The maximum atomic E-state index is 10.5. The molecule has 1 aromatic rings. The molecule has 0 radical (unpaired) electrons. The van der Waals surface area contributed by atoms with Crippen LogP contribution in [0.3, 0.4) is 0 Å². The second-order valence-electron chi connectivity index (χ2n) is 2.44. The molecule has 0 saturated heterocycles. The Kier molecular flexibility index (Phi) is 3.68. The highest BCUT2D eigenvalue weighted by Gasteiger charge is 1.98. The van der Waals surface area contributed by atoms with Gasteiger partial charge in [-0.25, -0.2) is 0 Å². The van der Waals surface area contributed by atoms with Crippen molar-refractivity contribution >= 4 is 21.6 Å². The number of methoxy groups -OCH3 is 1. The van der Waals surface area contributed by atoms with E-state index in [-0.39, 0.29) is 0 Å². The van der Waals surface area contributed by atoms with Crippen molar-refractivity contribution in [1.29, 1.82) is 0 Å². The van der Waals surface area contributed by atoms with Gasteiger partial charge in [0, 0.05) is 23.7 Å². The van der Waals surface area contributed by atoms with Gasteiger partial charge in [0.05, 0.1) is 6.61 Å². The number of hydrogen-bond donors (Lipinski definition) is 1. The molecule has 12 heavy (non-hydrogen) atoms. The van der Waals surface area contributed by atoms with Crippen molar-refractivity contribution in [3.8, 4) is 0 Å². The van der Waals surface area contributed by atoms with Crippen LogP contribution >= 0.6 is 15.9 Å². The van der Waals surface area contributed by atoms with Gasteiger partial charge in [-0.1, -0.05) is 15.9 Å². The highest BCUT2D eigenvalue weighted by molar-refractivity contribution is 9.10. The third-order valence-electron chi connectivity index (χ3n) is 1.43. The Morgan fingerprint density at radius 1 is 1.50 bits per heavy atom. The van der Waals surface area contributed by atoms with Crippen LogP contribution in [0, 0.1) is 5.21 Å². The number of rotatable bonds is 3. The van der Waals surface area contributed by atoms with Gasteiger partial charge in [-0.15, -0.1) is 0 Å². The quantitative estimate of drug-likeness (QED) is 0.630. The van der Waals surface area contributed by atoms with Gasteiger partial charge in [0.1, 0.15) is 5.69 Å². The van der Waals surface area contributed by atoms with Crippen LogP contribution < -0.4 is 5.48 Å². The molecule has 66 valence electrons. The summed E-state index contributed by atoms with van der Waals surface area (Å²) in [7, 11) is 1.63. The Balaban J connectivity index is 2.90. The SMILES string of the molecule is COCc1cc(Br)cc([NH2+][O-])c1. The van der Waals surface area contributed by atoms with Crippen LogP contribution in [0.1, 0.15) is 5.56 Å². The van der Waals surface area contributed by atoms with Crippen molar-refractivity contribution in [3.05, 3.63) is 33.4 Å². The summed E-state index contributed by atoms with van der Waals surface area (Å²) in [5, 5.41) is 10.5. The number of quaternary nitrogens is 1. The second-order valence-corrected chi connectivity index (χ2v) is 3.36. The van der Waals surface area contributed by atoms with E-state index in [2.05, 4.69) is 15.9 Å². The third-order valence-corrected chi connectivity index (χ3v) is 1.88. The van der Waals surface area contributed by atoms with Gasteiger partial charge in [0.15, 0.2) is 0 Å². The first-order valence-corrected chi connectivity index (χ1v) is 4.29. The molecule has 2 N–H and O–H groups in total. The molecule has 1 rings (SSSR count). The van der Waals surface area contributed by atoms with Gasteiger partial charge in [0.2, 0.25) is 0 Å². The Morgan fingerprint density at radius 2 is 2.25 bits per heavy atom. The van der Waals surface area contributed by atoms with Gasteiger partial charge in [-0.3, -0.25) is 0 Å². The molecule has 0 unspecified atom stereocenters. The lowest BCUT2D eigenvalue weighted by Gasteiger charge is -2.05. The monoisotopic (exact) mass is 231 g/mol. The first kappa shape index (κ1) is 9.67. The lowest BCUT2D eigenvalue weighted by molar-refractivity contribution is -0.497. The van der Waals surface area contributed by atoms with Crippen LogP contribution in [-0.2, 0) is 11.3 Å². The minimum atomic E-state index is 0.528. The van der Waals surface area contributed by atoms with Gasteiger partial charge in [-0.2, -0.15) is 0 Å². The number of nitrogens with two attached hydrogens (primary N) is 1. The maximum absolute atomic E-state index is 10.5. The fraction of sp³-hybridized carbons (Fsp3) is 0.250. The normalized spacial score (nSPS) is 10.2. The molecule has 0 aromatic heterocycles. The predicted octanol–water partition coefficient (Wildman–Crippen LogP) is 1.29. The van der Waals surface area contributed by atoms with E-state index in [9.17, 15) is 5.21 Å². The summed E-state index contributed by atoms with van der Waals surface area (Å²) in [6.07, 6.45) is 0. The number of halogens is 1. The zero-order valence-corrected chi connectivity index (χ0v) is 8.30. The van der Waals surface area contributed by atoms with Crippen LogP contribution in [0.25, 0.3) is 0 Å². The predicted molar refractivity (Wildman–Crippen MR) is 49.8 cm³/mol. The summed E-state index contributed by atoms with van der Waals surface area (Å²) >= 11 is 3.31. The standard InChI is InChI=1S/C8H10BrNO2/c1-12-5-6-2-7(9)4-8(3-6)10-11/h2-4H,5,10H2,1H3. The molecule has 0 fully saturated rings. The summed E-state index contributed by atoms with van der Waals surface area (Å²) in [6, 6.07) is 5.50. The molecule has 0 aliphatic rings. The zero-order chi connectivity index (χ0) is 8.97. The molecule has 0 aliphatic heterocycles. The van der Waals surface area contributed by atoms with Crippen molar-refractivity contribution < 1.29 is 10.2 Å². The summed E-state index contributed by atoms with van der Waals surface area (Å²) in [6.45, 7) is 0.528. The molecule has 1 aromatic carbocycles. The molecule has 4 heteroatoms. The fourth-order valence-electron chi connectivity index (χ4n) is 0.993. The highest BCUT2D eigenvalue weighted by atomic mass is 79.9. The molecular weight excluding hydrogens is 222 g/mol. The number of ether oxygens (including phenoxy) is 1. The van der Waals surface area contributed by atoms with Crippen LogP contribution in [0.5, 0.6) is 0 Å². The third kappa shape index (κ3) is 2.57. The molecule has 0 heterocycles. The molecule has 0 atom stereocenters. The molecular formula is C8H10BrNO2. The van der Waals surface area contributed by atoms with E-state index in [1.807, 2.05) is 6.07 Å². The Morgan fingerprint density at radius 3 is 2.83 bits per heavy atom. The average molecular weight is 232 g/mol. The lowest BCUT2D eigenvalue weighted by Crippen LogP contribution is -2.70. The summed E-state index contributed by atoms with van der Waals surface area (Å²) in [5.74, 6) is 0. The van der Waals surface area contributed by atoms with Crippen molar-refractivity contribution in [1.82, 2.24) is 0 Å². The van der Waals surface area contributed by atoms with E-state index in [1.165, 1.54) is 0 Å². The Bertz CT molecular complexity index is 265. The first-order valence-electron chi connectivity index (χ1n) is 3.50. The zero-order valence-electron chi connectivity index (χ0n) is 6.71. The van der Waals surface area contributed by atoms with E-state index >= 15 is 0 Å². The minimum absolute atomic E-state index is 0.528. The number of benzene rings is 1. The molecule has 0 spiro atoms. The molecule has 0 saturated carbocycles. The lowest BCUT2D eigenvalue weighted by atomic mass is 10.2. The molecule has 0 bridgehead atoms. The summed E-state index contributed by atoms with van der Waals surface area (Å²) in [4.78, 5) is 0. The fourth-order valence-corrected chi connectivity index (χ4v) is 1.55. The van der Waals surface area contributed by atoms with Crippen molar-refractivity contribution in [2.24, 2.45) is 0 Å². The molecule has 3 nitrogen and oxygen atoms in total. The summed E-state index contributed by atoms with van der Waals surface area (Å²) < 4.78 is 5.85. The van der Waals surface area contributed by atoms with Gasteiger partial charge in [0.25, 0.3) is 0 Å². The van der Waals surface area contributed by atoms with Crippen LogP contribution in [0.2, 0.25) is 0 Å². The molecule has 0 amide bonds. The number of hydrogen-bond acceptors (Lipinski definition) is 2. The van der Waals surface area contributed by atoms with E-state index in [1.54, 1.807) is 19.2 Å². The Labute approximate surface area is 79.4 Å². The first-order chi connectivity index (χ1) is 5.76. The largest absolute Gasteiger partial charge is 0.630 e.